The second-order valence-corrected chi connectivity index (χ2v) is 4.58. The maximum Gasteiger partial charge on any atom is 0.307 e. The molecule has 0 aliphatic rings. The molecule has 0 bridgehead atoms. The van der Waals surface area contributed by atoms with Gasteiger partial charge in [0, 0.05) is 6.54 Å². The van der Waals surface area contributed by atoms with Crippen LogP contribution in [0.2, 0.25) is 0 Å². The Morgan fingerprint density at radius 2 is 2.26 bits per heavy atom. The SMILES string of the molecule is CCOC(=O)CCn1c(CCl)nc2c(C)cccc21. The fourth-order valence-corrected chi connectivity index (χ4v) is 2.33. The zero-order chi connectivity index (χ0) is 13.8. The predicted molar refractivity (Wildman–Crippen MR) is 75.3 cm³/mol. The lowest BCUT2D eigenvalue weighted by Gasteiger charge is -2.07. The number of aromatic nitrogens is 2. The number of benzene rings is 1. The number of esters is 1. The lowest BCUT2D eigenvalue weighted by atomic mass is 10.2. The molecule has 0 radical (unpaired) electrons. The molecule has 2 rings (SSSR count). The molecule has 0 N–H and O–H groups in total. The highest BCUT2D eigenvalue weighted by Gasteiger charge is 2.12. The lowest BCUT2D eigenvalue weighted by Crippen LogP contribution is -2.10. The summed E-state index contributed by atoms with van der Waals surface area (Å²) >= 11 is 5.93. The van der Waals surface area contributed by atoms with E-state index in [9.17, 15) is 4.79 Å². The number of hydrogen-bond acceptors (Lipinski definition) is 3. The monoisotopic (exact) mass is 280 g/mol. The number of rotatable bonds is 5. The van der Waals surface area contributed by atoms with Crippen LogP contribution in [0, 0.1) is 6.92 Å². The lowest BCUT2D eigenvalue weighted by molar-refractivity contribution is -0.143. The van der Waals surface area contributed by atoms with E-state index in [0.717, 1.165) is 22.4 Å². The molecule has 0 spiro atoms. The quantitative estimate of drug-likeness (QED) is 0.625. The second-order valence-electron chi connectivity index (χ2n) is 4.31. The number of hydrogen-bond donors (Lipinski definition) is 0. The summed E-state index contributed by atoms with van der Waals surface area (Å²) in [7, 11) is 0. The van der Waals surface area contributed by atoms with E-state index in [-0.39, 0.29) is 5.97 Å². The van der Waals surface area contributed by atoms with Crippen molar-refractivity contribution >= 4 is 28.6 Å². The van der Waals surface area contributed by atoms with E-state index < -0.39 is 0 Å². The minimum atomic E-state index is -0.197. The highest BCUT2D eigenvalue weighted by Crippen LogP contribution is 2.21. The van der Waals surface area contributed by atoms with Gasteiger partial charge >= 0.3 is 5.97 Å². The topological polar surface area (TPSA) is 44.1 Å². The molecule has 5 heteroatoms. The third-order valence-corrected chi connectivity index (χ3v) is 3.26. The number of aryl methyl sites for hydroxylation is 2. The summed E-state index contributed by atoms with van der Waals surface area (Å²) in [6.07, 6.45) is 0.330. The Morgan fingerprint density at radius 3 is 2.95 bits per heavy atom. The highest BCUT2D eigenvalue weighted by atomic mass is 35.5. The van der Waals surface area contributed by atoms with Crippen molar-refractivity contribution in [2.45, 2.75) is 32.7 Å². The molecule has 0 aliphatic heterocycles. The number of halogens is 1. The van der Waals surface area contributed by atoms with Crippen LogP contribution in [0.5, 0.6) is 0 Å². The van der Waals surface area contributed by atoms with Crippen molar-refractivity contribution < 1.29 is 9.53 Å². The van der Waals surface area contributed by atoms with Gasteiger partial charge in [0.1, 0.15) is 5.82 Å². The molecule has 0 saturated carbocycles. The number of carbonyl (C=O) groups is 1. The summed E-state index contributed by atoms with van der Waals surface area (Å²) in [5, 5.41) is 0. The molecule has 0 saturated heterocycles. The molecule has 1 aromatic carbocycles. The standard InChI is InChI=1S/C14H17ClN2O2/c1-3-19-13(18)7-8-17-11-6-4-5-10(2)14(11)16-12(17)9-15/h4-6H,3,7-9H2,1-2H3. The van der Waals surface area contributed by atoms with Crippen molar-refractivity contribution in [3.05, 3.63) is 29.6 Å². The van der Waals surface area contributed by atoms with Crippen LogP contribution in [-0.4, -0.2) is 22.1 Å². The normalized spacial score (nSPS) is 10.9. The third-order valence-electron chi connectivity index (χ3n) is 3.02. The van der Waals surface area contributed by atoms with E-state index in [2.05, 4.69) is 4.98 Å². The average molecular weight is 281 g/mol. The molecular weight excluding hydrogens is 264 g/mol. The molecule has 19 heavy (non-hydrogen) atoms. The number of imidazole rings is 1. The van der Waals surface area contributed by atoms with E-state index in [0.29, 0.717) is 25.5 Å². The van der Waals surface area contributed by atoms with Crippen molar-refractivity contribution in [2.75, 3.05) is 6.61 Å². The van der Waals surface area contributed by atoms with E-state index in [1.165, 1.54) is 0 Å². The van der Waals surface area contributed by atoms with Crippen molar-refractivity contribution in [2.24, 2.45) is 0 Å². The Kier molecular flexibility index (Phi) is 4.43. The van der Waals surface area contributed by atoms with Crippen LogP contribution in [0.4, 0.5) is 0 Å². The van der Waals surface area contributed by atoms with Crippen molar-refractivity contribution in [3.8, 4) is 0 Å². The smallest absolute Gasteiger partial charge is 0.307 e. The summed E-state index contributed by atoms with van der Waals surface area (Å²) in [5.74, 6) is 0.921. The summed E-state index contributed by atoms with van der Waals surface area (Å²) in [6, 6.07) is 6.00. The van der Waals surface area contributed by atoms with Gasteiger partial charge in [0.2, 0.25) is 0 Å². The Labute approximate surface area is 117 Å². The zero-order valence-electron chi connectivity index (χ0n) is 11.1. The van der Waals surface area contributed by atoms with Gasteiger partial charge in [0.15, 0.2) is 0 Å². The minimum absolute atomic E-state index is 0.197. The van der Waals surface area contributed by atoms with Crippen molar-refractivity contribution in [1.82, 2.24) is 9.55 Å². The summed E-state index contributed by atoms with van der Waals surface area (Å²) < 4.78 is 6.94. The number of nitrogens with zero attached hydrogens (tertiary/aromatic N) is 2. The molecular formula is C14H17ClN2O2. The van der Waals surface area contributed by atoms with Gasteiger partial charge in [-0.15, -0.1) is 11.6 Å². The third kappa shape index (κ3) is 2.89. The highest BCUT2D eigenvalue weighted by molar-refractivity contribution is 6.16. The van der Waals surface area contributed by atoms with E-state index in [1.54, 1.807) is 6.92 Å². The fourth-order valence-electron chi connectivity index (χ4n) is 2.12. The van der Waals surface area contributed by atoms with Crippen LogP contribution in [0.25, 0.3) is 11.0 Å². The summed E-state index contributed by atoms with van der Waals surface area (Å²) in [4.78, 5) is 16.0. The first kappa shape index (κ1) is 13.9. The van der Waals surface area contributed by atoms with Gasteiger partial charge in [-0.3, -0.25) is 4.79 Å². The minimum Gasteiger partial charge on any atom is -0.466 e. The molecule has 0 unspecified atom stereocenters. The van der Waals surface area contributed by atoms with E-state index in [1.807, 2.05) is 29.7 Å². The Balaban J connectivity index is 2.30. The first-order valence-electron chi connectivity index (χ1n) is 6.33. The first-order valence-corrected chi connectivity index (χ1v) is 6.87. The Hall–Kier alpha value is -1.55. The number of para-hydroxylation sites is 1. The maximum atomic E-state index is 11.5. The number of ether oxygens (including phenoxy) is 1. The Morgan fingerprint density at radius 1 is 1.47 bits per heavy atom. The van der Waals surface area contributed by atoms with Gasteiger partial charge in [-0.25, -0.2) is 4.98 Å². The van der Waals surface area contributed by atoms with Gasteiger partial charge in [-0.2, -0.15) is 0 Å². The van der Waals surface area contributed by atoms with Crippen LogP contribution >= 0.6 is 11.6 Å². The predicted octanol–water partition coefficient (Wildman–Crippen LogP) is 3.04. The van der Waals surface area contributed by atoms with E-state index in [4.69, 9.17) is 16.3 Å². The van der Waals surface area contributed by atoms with Crippen LogP contribution < -0.4 is 0 Å². The number of alkyl halides is 1. The van der Waals surface area contributed by atoms with Crippen LogP contribution in [0.15, 0.2) is 18.2 Å². The number of fused-ring (bicyclic) bond motifs is 1. The van der Waals surface area contributed by atoms with Crippen LogP contribution in [0.1, 0.15) is 24.7 Å². The molecule has 1 aromatic heterocycles. The van der Waals surface area contributed by atoms with Gasteiger partial charge < -0.3 is 9.30 Å². The van der Waals surface area contributed by atoms with Gasteiger partial charge in [0.25, 0.3) is 0 Å². The number of carbonyl (C=O) groups excluding carboxylic acids is 1. The second kappa shape index (κ2) is 6.06. The van der Waals surface area contributed by atoms with E-state index >= 15 is 0 Å². The zero-order valence-corrected chi connectivity index (χ0v) is 11.9. The first-order chi connectivity index (χ1) is 9.17. The summed E-state index contributed by atoms with van der Waals surface area (Å²) in [6.45, 7) is 4.77. The Bertz CT molecular complexity index is 592. The fraction of sp³-hybridized carbons (Fsp3) is 0.429. The van der Waals surface area contributed by atoms with Gasteiger partial charge in [0.05, 0.1) is 29.9 Å². The van der Waals surface area contributed by atoms with Crippen LogP contribution in [-0.2, 0) is 22.0 Å². The van der Waals surface area contributed by atoms with Crippen LogP contribution in [0.3, 0.4) is 0 Å². The molecule has 4 nitrogen and oxygen atoms in total. The van der Waals surface area contributed by atoms with Gasteiger partial charge in [-0.05, 0) is 25.5 Å². The molecule has 102 valence electrons. The summed E-state index contributed by atoms with van der Waals surface area (Å²) in [5.41, 5.74) is 3.07. The maximum absolute atomic E-state index is 11.5. The van der Waals surface area contributed by atoms with Gasteiger partial charge in [-0.1, -0.05) is 12.1 Å². The van der Waals surface area contributed by atoms with Crippen molar-refractivity contribution in [3.63, 3.8) is 0 Å². The molecule has 0 atom stereocenters. The molecule has 1 heterocycles. The van der Waals surface area contributed by atoms with Crippen molar-refractivity contribution in [1.29, 1.82) is 0 Å². The molecule has 0 fully saturated rings. The molecule has 2 aromatic rings. The largest absolute Gasteiger partial charge is 0.466 e. The molecule has 0 amide bonds. The average Bonchev–Trinajstić information content (AvgIpc) is 2.76. The molecule has 0 aliphatic carbocycles.